The summed E-state index contributed by atoms with van der Waals surface area (Å²) in [6.45, 7) is 0.978. The molecule has 1 atom stereocenters. The second-order valence-electron chi connectivity index (χ2n) is 4.54. The maximum Gasteiger partial charge on any atom is 0.306 e. The third-order valence-electron chi connectivity index (χ3n) is 3.06. The van der Waals surface area contributed by atoms with Crippen LogP contribution in [-0.4, -0.2) is 26.2 Å². The first-order valence-corrected chi connectivity index (χ1v) is 6.66. The van der Waals surface area contributed by atoms with Crippen molar-refractivity contribution in [3.63, 3.8) is 0 Å². The summed E-state index contributed by atoms with van der Waals surface area (Å²) in [6.07, 6.45) is 8.72. The van der Waals surface area contributed by atoms with Crippen LogP contribution in [0.15, 0.2) is 36.4 Å². The van der Waals surface area contributed by atoms with Crippen LogP contribution in [0.5, 0.6) is 0 Å². The van der Waals surface area contributed by atoms with Crippen molar-refractivity contribution in [3.8, 4) is 0 Å². The summed E-state index contributed by atoms with van der Waals surface area (Å²) in [5.41, 5.74) is 2.78. The van der Waals surface area contributed by atoms with Gasteiger partial charge in [-0.05, 0) is 10.4 Å². The van der Waals surface area contributed by atoms with E-state index in [-0.39, 0.29) is 11.9 Å². The molecule has 2 rings (SSSR count). The molecule has 0 heterocycles. The minimum atomic E-state index is -0.245. The second-order valence-corrected chi connectivity index (χ2v) is 4.54. The van der Waals surface area contributed by atoms with Crippen molar-refractivity contribution in [1.29, 1.82) is 0 Å². The molecule has 1 aromatic carbocycles. The third kappa shape index (κ3) is 4.33. The molecule has 1 N–H and O–H groups in total. The van der Waals surface area contributed by atoms with E-state index in [1.54, 1.807) is 0 Å². The quantitative estimate of drug-likeness (QED) is 0.466. The van der Waals surface area contributed by atoms with E-state index in [0.717, 1.165) is 0 Å². The minimum Gasteiger partial charge on any atom is -0.469 e. The molecule has 4 nitrogen and oxygen atoms in total. The highest BCUT2D eigenvalue weighted by Gasteiger charge is 2.04. The number of benzene rings is 1. The van der Waals surface area contributed by atoms with Crippen LogP contribution >= 0.6 is 0 Å². The van der Waals surface area contributed by atoms with Crippen LogP contribution in [0.25, 0.3) is 12.2 Å². The van der Waals surface area contributed by atoms with E-state index in [2.05, 4.69) is 40.6 Å². The molecule has 0 amide bonds. The maximum atomic E-state index is 10.9. The molecule has 106 valence electrons. The number of fused-ring (bicyclic) bond motifs is 1. The van der Waals surface area contributed by atoms with Gasteiger partial charge in [0.15, 0.2) is 0 Å². The lowest BCUT2D eigenvalue weighted by Gasteiger charge is -2.09. The van der Waals surface area contributed by atoms with E-state index >= 15 is 0 Å². The highest BCUT2D eigenvalue weighted by molar-refractivity contribution is 5.69. The summed E-state index contributed by atoms with van der Waals surface area (Å²) in [7, 11) is 1.38. The van der Waals surface area contributed by atoms with Gasteiger partial charge in [-0.3, -0.25) is 4.79 Å². The predicted molar refractivity (Wildman–Crippen MR) is 77.8 cm³/mol. The van der Waals surface area contributed by atoms with E-state index in [4.69, 9.17) is 4.84 Å². The zero-order chi connectivity index (χ0) is 14.2. The number of carbonyl (C=O) groups excluding carboxylic acids is 1. The lowest BCUT2D eigenvalue weighted by molar-refractivity contribution is -0.141. The van der Waals surface area contributed by atoms with Gasteiger partial charge in [0.2, 0.25) is 0 Å². The number of hydroxylamine groups is 1. The molecule has 20 heavy (non-hydrogen) atoms. The minimum absolute atomic E-state index is 0.209. The normalized spacial score (nSPS) is 16.6. The molecule has 0 fully saturated rings. The van der Waals surface area contributed by atoms with Crippen LogP contribution in [0.1, 0.15) is 6.42 Å². The fourth-order valence-electron chi connectivity index (χ4n) is 1.99. The molecular weight excluding hydrogens is 254 g/mol. The molecule has 0 saturated heterocycles. The first-order valence-electron chi connectivity index (χ1n) is 6.66. The van der Waals surface area contributed by atoms with E-state index < -0.39 is 0 Å². The number of rotatable bonds is 6. The fourth-order valence-corrected chi connectivity index (χ4v) is 1.99. The summed E-state index contributed by atoms with van der Waals surface area (Å²) in [6, 6.07) is 8.24. The Labute approximate surface area is 118 Å². The van der Waals surface area contributed by atoms with Gasteiger partial charge in [0.1, 0.15) is 0 Å². The van der Waals surface area contributed by atoms with Crippen LogP contribution in [0.2, 0.25) is 0 Å². The van der Waals surface area contributed by atoms with E-state index in [1.165, 1.54) is 17.5 Å². The molecule has 0 bridgehead atoms. The first kappa shape index (κ1) is 14.5. The molecule has 1 aromatic rings. The Balaban J connectivity index is 1.83. The van der Waals surface area contributed by atoms with Crippen LogP contribution in [0, 0.1) is 5.92 Å². The van der Waals surface area contributed by atoms with Crippen LogP contribution < -0.4 is 15.9 Å². The molecular formula is C16H19NO3. The lowest BCUT2D eigenvalue weighted by Crippen LogP contribution is -2.25. The van der Waals surface area contributed by atoms with Gasteiger partial charge in [0.25, 0.3) is 0 Å². The van der Waals surface area contributed by atoms with Crippen molar-refractivity contribution in [3.05, 3.63) is 46.9 Å². The molecule has 0 aliphatic heterocycles. The molecule has 0 radical (unpaired) electrons. The average molecular weight is 273 g/mol. The summed E-state index contributed by atoms with van der Waals surface area (Å²) in [4.78, 5) is 16.3. The van der Waals surface area contributed by atoms with Crippen molar-refractivity contribution in [2.75, 3.05) is 20.3 Å². The topological polar surface area (TPSA) is 47.6 Å². The Hall–Kier alpha value is -1.91. The van der Waals surface area contributed by atoms with Crippen molar-refractivity contribution < 1.29 is 14.4 Å². The van der Waals surface area contributed by atoms with E-state index in [0.29, 0.717) is 19.6 Å². The van der Waals surface area contributed by atoms with Crippen LogP contribution in [-0.2, 0) is 14.4 Å². The van der Waals surface area contributed by atoms with Gasteiger partial charge in [0, 0.05) is 12.5 Å². The molecule has 0 saturated carbocycles. The van der Waals surface area contributed by atoms with Gasteiger partial charge >= 0.3 is 5.97 Å². The highest BCUT2D eigenvalue weighted by atomic mass is 16.6. The van der Waals surface area contributed by atoms with Crippen molar-refractivity contribution in [2.24, 2.45) is 5.92 Å². The second kappa shape index (κ2) is 7.62. The molecule has 0 spiro atoms. The Morgan fingerprint density at radius 1 is 1.30 bits per heavy atom. The van der Waals surface area contributed by atoms with Crippen molar-refractivity contribution in [1.82, 2.24) is 5.48 Å². The zero-order valence-electron chi connectivity index (χ0n) is 11.5. The van der Waals surface area contributed by atoms with Gasteiger partial charge in [0.05, 0.1) is 20.1 Å². The highest BCUT2D eigenvalue weighted by Crippen LogP contribution is 2.03. The number of allylic oxidation sites excluding steroid dienone is 1. The smallest absolute Gasteiger partial charge is 0.306 e. The maximum absolute atomic E-state index is 10.9. The van der Waals surface area contributed by atoms with Crippen molar-refractivity contribution in [2.45, 2.75) is 6.42 Å². The zero-order valence-corrected chi connectivity index (χ0v) is 11.5. The Kier molecular flexibility index (Phi) is 5.53. The SMILES string of the molecule is COC(=O)CCNOCC1C=CC=c2ccccc2=C1. The standard InChI is InChI=1S/C16H19NO3/c1-19-16(18)9-10-17-20-12-13-5-4-8-14-6-2-3-7-15(14)11-13/h2-8,11,13,17H,9-10,12H2,1H3. The predicted octanol–water partition coefficient (Wildman–Crippen LogP) is 0.518. The molecule has 4 heteroatoms. The summed E-state index contributed by atoms with van der Waals surface area (Å²) in [5, 5.41) is 2.42. The monoisotopic (exact) mass is 273 g/mol. The Morgan fingerprint density at radius 2 is 2.10 bits per heavy atom. The number of carbonyl (C=O) groups is 1. The number of nitrogens with one attached hydrogen (secondary N) is 1. The van der Waals surface area contributed by atoms with E-state index in [1.807, 2.05) is 18.2 Å². The molecule has 1 unspecified atom stereocenters. The molecule has 1 aliphatic carbocycles. The van der Waals surface area contributed by atoms with Gasteiger partial charge in [-0.15, -0.1) is 0 Å². The number of esters is 1. The number of ether oxygens (including phenoxy) is 1. The Bertz CT molecular complexity index is 592. The van der Waals surface area contributed by atoms with Gasteiger partial charge in [-0.2, -0.15) is 0 Å². The average Bonchev–Trinajstić information content (AvgIpc) is 2.68. The van der Waals surface area contributed by atoms with Gasteiger partial charge in [-0.25, -0.2) is 5.48 Å². The van der Waals surface area contributed by atoms with Gasteiger partial charge in [-0.1, -0.05) is 48.6 Å². The summed E-state index contributed by atoms with van der Waals surface area (Å²) in [5.74, 6) is -0.0360. The van der Waals surface area contributed by atoms with Crippen LogP contribution in [0.4, 0.5) is 0 Å². The summed E-state index contributed by atoms with van der Waals surface area (Å²) < 4.78 is 4.55. The molecule has 0 aromatic heterocycles. The Morgan fingerprint density at radius 3 is 2.90 bits per heavy atom. The third-order valence-corrected chi connectivity index (χ3v) is 3.06. The van der Waals surface area contributed by atoms with Crippen LogP contribution in [0.3, 0.4) is 0 Å². The fraction of sp³-hybridized carbons (Fsp3) is 0.312. The number of hydrogen-bond donors (Lipinski definition) is 1. The first-order chi connectivity index (χ1) is 9.79. The number of methoxy groups -OCH3 is 1. The van der Waals surface area contributed by atoms with Gasteiger partial charge < -0.3 is 9.57 Å². The summed E-state index contributed by atoms with van der Waals surface area (Å²) >= 11 is 0. The lowest BCUT2D eigenvalue weighted by atomic mass is 10.1. The van der Waals surface area contributed by atoms with Crippen molar-refractivity contribution >= 4 is 18.1 Å². The van der Waals surface area contributed by atoms with E-state index in [9.17, 15) is 4.79 Å². The largest absolute Gasteiger partial charge is 0.469 e. The molecule has 1 aliphatic rings. The number of hydrogen-bond acceptors (Lipinski definition) is 4.